The number of methoxy groups -OCH3 is 1. The van der Waals surface area contributed by atoms with Crippen molar-refractivity contribution in [2.45, 2.75) is 52.3 Å². The van der Waals surface area contributed by atoms with E-state index in [1.807, 2.05) is 13.8 Å². The number of aliphatic carboxylic acids is 1. The van der Waals surface area contributed by atoms with E-state index < -0.39 is 23.2 Å². The molecule has 1 aromatic rings. The van der Waals surface area contributed by atoms with Gasteiger partial charge in [0.15, 0.2) is 11.4 Å². The Balaban J connectivity index is 1.75. The van der Waals surface area contributed by atoms with Gasteiger partial charge in [-0.05, 0) is 64.3 Å². The van der Waals surface area contributed by atoms with Crippen LogP contribution in [0.2, 0.25) is 0 Å². The number of hydrazine groups is 2. The highest BCUT2D eigenvalue weighted by Gasteiger charge is 2.54. The Morgan fingerprint density at radius 1 is 1.33 bits per heavy atom. The Bertz CT molecular complexity index is 1230. The highest BCUT2D eigenvalue weighted by Crippen LogP contribution is 2.41. The highest BCUT2D eigenvalue weighted by molar-refractivity contribution is 7.98. The van der Waals surface area contributed by atoms with Gasteiger partial charge in [-0.15, -0.1) is 0 Å². The van der Waals surface area contributed by atoms with Crippen LogP contribution in [0.15, 0.2) is 45.7 Å². The number of pyridine rings is 1. The fourth-order valence-corrected chi connectivity index (χ4v) is 5.25. The second-order valence-corrected chi connectivity index (χ2v) is 10.3. The standard InChI is InChI=1S/C24H30N6O5S/c1-13-10-25-17(14(2)19(13)34-6)11-30-27-18-9-7-8-15(20(31)32)16-12-36-28-21(24(16,18)29-30)26-22(33)35-23(3,4)5/h7-10,27,29H,11-12H2,1-6H3,(H,31,32)(H,26,28,33). The SMILES string of the molecule is COc1c(C)cnc(CN2NC3=CC=CC(C(=O)O)=C4CSN=C(NC(=O)OC(C)(C)C)C34N2)c1C. The van der Waals surface area contributed by atoms with E-state index in [4.69, 9.17) is 9.47 Å². The molecule has 1 aromatic heterocycles. The molecule has 0 aromatic carbocycles. The molecule has 1 amide bonds. The lowest BCUT2D eigenvalue weighted by Crippen LogP contribution is -2.61. The maximum Gasteiger partial charge on any atom is 0.413 e. The average molecular weight is 515 g/mol. The van der Waals surface area contributed by atoms with Crippen molar-refractivity contribution < 1.29 is 24.2 Å². The number of carboxylic acid groups (broad SMARTS) is 1. The molecule has 36 heavy (non-hydrogen) atoms. The van der Waals surface area contributed by atoms with Gasteiger partial charge in [0.1, 0.15) is 11.4 Å². The molecule has 1 atom stereocenters. The second-order valence-electron chi connectivity index (χ2n) is 9.58. The number of nitrogens with zero attached hydrogens (tertiary/aromatic N) is 3. The van der Waals surface area contributed by atoms with Crippen molar-refractivity contribution in [2.75, 3.05) is 12.9 Å². The fourth-order valence-electron chi connectivity index (χ4n) is 4.37. The molecule has 3 heterocycles. The molecular formula is C24H30N6O5S. The zero-order valence-corrected chi connectivity index (χ0v) is 21.9. The summed E-state index contributed by atoms with van der Waals surface area (Å²) in [5.74, 6) is 0.208. The van der Waals surface area contributed by atoms with Gasteiger partial charge in [0.05, 0.1) is 30.6 Å². The van der Waals surface area contributed by atoms with Crippen LogP contribution in [0.1, 0.15) is 37.6 Å². The number of amides is 1. The summed E-state index contributed by atoms with van der Waals surface area (Å²) < 4.78 is 15.5. The summed E-state index contributed by atoms with van der Waals surface area (Å²) >= 11 is 1.16. The van der Waals surface area contributed by atoms with E-state index in [1.165, 1.54) is 0 Å². The zero-order chi connectivity index (χ0) is 26.3. The van der Waals surface area contributed by atoms with Crippen molar-refractivity contribution in [2.24, 2.45) is 4.40 Å². The third kappa shape index (κ3) is 4.71. The molecule has 3 aliphatic rings. The molecule has 1 fully saturated rings. The molecular weight excluding hydrogens is 484 g/mol. The highest BCUT2D eigenvalue weighted by atomic mass is 32.2. The first-order chi connectivity index (χ1) is 17.0. The number of ether oxygens (including phenoxy) is 2. The van der Waals surface area contributed by atoms with Crippen molar-refractivity contribution in [3.63, 3.8) is 0 Å². The largest absolute Gasteiger partial charge is 0.496 e. The van der Waals surface area contributed by atoms with Crippen molar-refractivity contribution >= 4 is 29.8 Å². The van der Waals surface area contributed by atoms with Gasteiger partial charge in [-0.1, -0.05) is 6.08 Å². The molecule has 12 heteroatoms. The smallest absolute Gasteiger partial charge is 0.413 e. The summed E-state index contributed by atoms with van der Waals surface area (Å²) in [6, 6.07) is 0. The number of allylic oxidation sites excluding steroid dienone is 2. The van der Waals surface area contributed by atoms with Gasteiger partial charge in [-0.25, -0.2) is 15.0 Å². The van der Waals surface area contributed by atoms with Crippen LogP contribution in [0.5, 0.6) is 5.75 Å². The Labute approximate surface area is 213 Å². The molecule has 4 rings (SSSR count). The molecule has 1 unspecified atom stereocenters. The summed E-state index contributed by atoms with van der Waals surface area (Å²) in [7, 11) is 1.62. The van der Waals surface area contributed by atoms with Gasteiger partial charge < -0.3 is 20.0 Å². The molecule has 1 spiro atoms. The van der Waals surface area contributed by atoms with E-state index in [2.05, 4.69) is 25.6 Å². The molecule has 1 saturated heterocycles. The zero-order valence-electron chi connectivity index (χ0n) is 21.1. The topological polar surface area (TPSA) is 137 Å². The molecule has 192 valence electrons. The predicted molar refractivity (Wildman–Crippen MR) is 136 cm³/mol. The van der Waals surface area contributed by atoms with E-state index in [1.54, 1.807) is 57.4 Å². The van der Waals surface area contributed by atoms with Crippen molar-refractivity contribution in [3.05, 3.63) is 58.1 Å². The molecule has 2 aliphatic heterocycles. The normalized spacial score (nSPS) is 21.5. The quantitative estimate of drug-likeness (QED) is 0.444. The first kappa shape index (κ1) is 25.7. The van der Waals surface area contributed by atoms with Gasteiger partial charge in [0, 0.05) is 23.1 Å². The van der Waals surface area contributed by atoms with Gasteiger partial charge in [0.2, 0.25) is 0 Å². The van der Waals surface area contributed by atoms with Crippen LogP contribution in [0.25, 0.3) is 0 Å². The monoisotopic (exact) mass is 514 g/mol. The van der Waals surface area contributed by atoms with Crippen LogP contribution in [0.4, 0.5) is 4.79 Å². The lowest BCUT2D eigenvalue weighted by molar-refractivity contribution is -0.132. The minimum atomic E-state index is -1.25. The number of carbonyl (C=O) groups excluding carboxylic acids is 1. The molecule has 0 bridgehead atoms. The van der Waals surface area contributed by atoms with Crippen LogP contribution >= 0.6 is 11.9 Å². The van der Waals surface area contributed by atoms with E-state index in [9.17, 15) is 14.7 Å². The average Bonchev–Trinajstić information content (AvgIpc) is 3.04. The number of nitrogens with one attached hydrogen (secondary N) is 3. The van der Waals surface area contributed by atoms with Gasteiger partial charge in [-0.2, -0.15) is 9.52 Å². The Kier molecular flexibility index (Phi) is 6.86. The number of alkyl carbamates (subject to hydrolysis) is 1. The summed E-state index contributed by atoms with van der Waals surface area (Å²) in [6.45, 7) is 9.47. The lowest BCUT2D eigenvalue weighted by Gasteiger charge is -2.36. The van der Waals surface area contributed by atoms with Crippen LogP contribution < -0.4 is 20.9 Å². The third-order valence-electron chi connectivity index (χ3n) is 5.89. The maximum absolute atomic E-state index is 12.7. The number of carboxylic acids is 1. The Morgan fingerprint density at radius 2 is 2.08 bits per heavy atom. The number of rotatable bonds is 4. The molecule has 11 nitrogen and oxygen atoms in total. The molecule has 4 N–H and O–H groups in total. The van der Waals surface area contributed by atoms with Crippen LogP contribution in [-0.4, -0.2) is 57.1 Å². The van der Waals surface area contributed by atoms with E-state index in [0.717, 1.165) is 34.5 Å². The predicted octanol–water partition coefficient (Wildman–Crippen LogP) is 2.69. The van der Waals surface area contributed by atoms with Gasteiger partial charge in [0.25, 0.3) is 0 Å². The molecule has 0 radical (unpaired) electrons. The third-order valence-corrected chi connectivity index (χ3v) is 6.62. The van der Waals surface area contributed by atoms with Gasteiger partial charge >= 0.3 is 12.1 Å². The second kappa shape index (κ2) is 9.60. The Morgan fingerprint density at radius 3 is 2.75 bits per heavy atom. The first-order valence-corrected chi connectivity index (χ1v) is 12.3. The summed E-state index contributed by atoms with van der Waals surface area (Å²) in [4.78, 5) is 29.5. The summed E-state index contributed by atoms with van der Waals surface area (Å²) in [6.07, 6.45) is 6.04. The minimum absolute atomic E-state index is 0.120. The van der Waals surface area contributed by atoms with Crippen LogP contribution in [0.3, 0.4) is 0 Å². The number of aromatic nitrogens is 1. The van der Waals surface area contributed by atoms with E-state index in [-0.39, 0.29) is 11.4 Å². The number of amidine groups is 1. The van der Waals surface area contributed by atoms with Crippen molar-refractivity contribution in [3.8, 4) is 5.75 Å². The van der Waals surface area contributed by atoms with Crippen molar-refractivity contribution in [1.29, 1.82) is 0 Å². The Hall–Kier alpha value is -3.35. The van der Waals surface area contributed by atoms with E-state index >= 15 is 0 Å². The molecule has 1 aliphatic carbocycles. The minimum Gasteiger partial charge on any atom is -0.496 e. The lowest BCUT2D eigenvalue weighted by atomic mass is 9.84. The summed E-state index contributed by atoms with van der Waals surface area (Å²) in [5.41, 5.74) is 8.56. The maximum atomic E-state index is 12.7. The summed E-state index contributed by atoms with van der Waals surface area (Å²) in [5, 5.41) is 14.4. The van der Waals surface area contributed by atoms with Crippen LogP contribution in [-0.2, 0) is 16.1 Å². The van der Waals surface area contributed by atoms with Crippen molar-refractivity contribution in [1.82, 2.24) is 26.3 Å². The molecule has 0 saturated carbocycles. The van der Waals surface area contributed by atoms with Gasteiger partial charge in [-0.3, -0.25) is 10.3 Å². The number of hydrogen-bond acceptors (Lipinski definition) is 10. The number of hydrogen-bond donors (Lipinski definition) is 4. The first-order valence-electron chi connectivity index (χ1n) is 11.3. The number of carbonyl (C=O) groups is 2. The van der Waals surface area contributed by atoms with Crippen LogP contribution in [0, 0.1) is 13.8 Å². The fraction of sp³-hybridized carbons (Fsp3) is 0.417. The number of aryl methyl sites for hydroxylation is 1. The van der Waals surface area contributed by atoms with E-state index in [0.29, 0.717) is 23.6 Å².